The summed E-state index contributed by atoms with van der Waals surface area (Å²) in [7, 11) is 2.99. The summed E-state index contributed by atoms with van der Waals surface area (Å²) in [6, 6.07) is 7.72. The fraction of sp³-hybridized carbons (Fsp3) is 0.263. The second-order valence-electron chi connectivity index (χ2n) is 6.07. The molecule has 2 aromatic carbocycles. The lowest BCUT2D eigenvalue weighted by Crippen LogP contribution is -2.37. The standard InChI is InChI=1S/C19H19F2N3O4/c1-27-13-4-6-16(17(10-13)28-2)22-18(25)11-23-7-8-24(19(23)26)12-3-5-14(20)15(21)9-12/h3-6,9-10H,7-8,11H2,1-2H3,(H,22,25). The Morgan fingerprint density at radius 1 is 1.07 bits per heavy atom. The molecule has 1 aliphatic heterocycles. The van der Waals surface area contributed by atoms with Crippen molar-refractivity contribution in [3.8, 4) is 11.5 Å². The Bertz CT molecular complexity index is 907. The van der Waals surface area contributed by atoms with Gasteiger partial charge in [-0.05, 0) is 24.3 Å². The highest BCUT2D eigenvalue weighted by molar-refractivity contribution is 5.99. The molecule has 148 valence electrons. The van der Waals surface area contributed by atoms with Gasteiger partial charge in [0.05, 0.1) is 19.9 Å². The zero-order valence-corrected chi connectivity index (χ0v) is 15.4. The average molecular weight is 391 g/mol. The fourth-order valence-corrected chi connectivity index (χ4v) is 2.89. The molecule has 1 fully saturated rings. The normalized spacial score (nSPS) is 13.6. The summed E-state index contributed by atoms with van der Waals surface area (Å²) >= 11 is 0. The summed E-state index contributed by atoms with van der Waals surface area (Å²) in [6.45, 7) is 0.363. The van der Waals surface area contributed by atoms with E-state index in [1.807, 2.05) is 0 Å². The first-order chi connectivity index (χ1) is 13.4. The van der Waals surface area contributed by atoms with Gasteiger partial charge in [-0.25, -0.2) is 13.6 Å². The number of urea groups is 1. The number of nitrogens with one attached hydrogen (secondary N) is 1. The Kier molecular flexibility index (Phi) is 5.62. The van der Waals surface area contributed by atoms with Crippen LogP contribution in [0, 0.1) is 11.6 Å². The molecule has 0 atom stereocenters. The molecule has 1 N–H and O–H groups in total. The minimum atomic E-state index is -1.03. The first-order valence-electron chi connectivity index (χ1n) is 8.46. The highest BCUT2D eigenvalue weighted by Crippen LogP contribution is 2.29. The van der Waals surface area contributed by atoms with Crippen LogP contribution in [0.3, 0.4) is 0 Å². The lowest BCUT2D eigenvalue weighted by molar-refractivity contribution is -0.116. The maximum absolute atomic E-state index is 13.4. The molecule has 2 aromatic rings. The summed E-state index contributed by atoms with van der Waals surface area (Å²) in [5.74, 6) is -1.44. The molecule has 3 amide bonds. The van der Waals surface area contributed by atoms with Crippen LogP contribution in [0.1, 0.15) is 0 Å². The third kappa shape index (κ3) is 3.98. The van der Waals surface area contributed by atoms with E-state index in [-0.39, 0.29) is 25.3 Å². The molecule has 9 heteroatoms. The smallest absolute Gasteiger partial charge is 0.325 e. The third-order valence-corrected chi connectivity index (χ3v) is 4.33. The number of methoxy groups -OCH3 is 2. The molecule has 1 aliphatic rings. The van der Waals surface area contributed by atoms with Crippen molar-refractivity contribution < 1.29 is 27.8 Å². The van der Waals surface area contributed by atoms with Crippen LogP contribution in [0.4, 0.5) is 25.0 Å². The second-order valence-corrected chi connectivity index (χ2v) is 6.07. The molecule has 1 saturated heterocycles. The molecule has 0 aromatic heterocycles. The van der Waals surface area contributed by atoms with E-state index >= 15 is 0 Å². The number of carbonyl (C=O) groups excluding carboxylic acids is 2. The number of benzene rings is 2. The Hall–Kier alpha value is -3.36. The lowest BCUT2D eigenvalue weighted by atomic mass is 10.2. The van der Waals surface area contributed by atoms with E-state index < -0.39 is 23.6 Å². The van der Waals surface area contributed by atoms with Gasteiger partial charge in [-0.3, -0.25) is 9.69 Å². The van der Waals surface area contributed by atoms with Crippen LogP contribution in [-0.4, -0.2) is 50.7 Å². The molecule has 0 spiro atoms. The SMILES string of the molecule is COc1ccc(NC(=O)CN2CCN(c3ccc(F)c(F)c3)C2=O)c(OC)c1. The number of amides is 3. The highest BCUT2D eigenvalue weighted by atomic mass is 19.2. The molecule has 0 saturated carbocycles. The van der Waals surface area contributed by atoms with Crippen molar-refractivity contribution in [1.82, 2.24) is 4.90 Å². The minimum absolute atomic E-state index is 0.186. The van der Waals surface area contributed by atoms with Crippen molar-refractivity contribution in [2.24, 2.45) is 0 Å². The maximum atomic E-state index is 13.4. The van der Waals surface area contributed by atoms with Crippen LogP contribution in [0.15, 0.2) is 36.4 Å². The number of halogens is 2. The van der Waals surface area contributed by atoms with Gasteiger partial charge in [0.1, 0.15) is 18.0 Å². The van der Waals surface area contributed by atoms with Crippen LogP contribution >= 0.6 is 0 Å². The molecule has 0 unspecified atom stereocenters. The van der Waals surface area contributed by atoms with Crippen molar-refractivity contribution in [3.63, 3.8) is 0 Å². The van der Waals surface area contributed by atoms with Crippen molar-refractivity contribution in [2.45, 2.75) is 0 Å². The first kappa shape index (κ1) is 19.4. The fourth-order valence-electron chi connectivity index (χ4n) is 2.89. The third-order valence-electron chi connectivity index (χ3n) is 4.33. The maximum Gasteiger partial charge on any atom is 0.325 e. The monoisotopic (exact) mass is 391 g/mol. The quantitative estimate of drug-likeness (QED) is 0.822. The topological polar surface area (TPSA) is 71.1 Å². The Morgan fingerprint density at radius 2 is 1.86 bits per heavy atom. The summed E-state index contributed by atoms with van der Waals surface area (Å²) in [6.07, 6.45) is 0. The van der Waals surface area contributed by atoms with E-state index in [1.165, 1.54) is 30.1 Å². The van der Waals surface area contributed by atoms with Gasteiger partial charge in [0, 0.05) is 30.9 Å². The zero-order chi connectivity index (χ0) is 20.3. The van der Waals surface area contributed by atoms with E-state index in [4.69, 9.17) is 9.47 Å². The molecule has 0 aliphatic carbocycles. The number of carbonyl (C=O) groups is 2. The van der Waals surface area contributed by atoms with Gasteiger partial charge < -0.3 is 19.7 Å². The van der Waals surface area contributed by atoms with Crippen LogP contribution in [0.2, 0.25) is 0 Å². The van der Waals surface area contributed by atoms with Crippen LogP contribution in [0.25, 0.3) is 0 Å². The van der Waals surface area contributed by atoms with Crippen LogP contribution in [0.5, 0.6) is 11.5 Å². The van der Waals surface area contributed by atoms with Crippen molar-refractivity contribution in [3.05, 3.63) is 48.0 Å². The van der Waals surface area contributed by atoms with Gasteiger partial charge >= 0.3 is 6.03 Å². The van der Waals surface area contributed by atoms with Gasteiger partial charge in [-0.1, -0.05) is 0 Å². The number of hydrogen-bond acceptors (Lipinski definition) is 4. The highest BCUT2D eigenvalue weighted by Gasteiger charge is 2.31. The Balaban J connectivity index is 1.65. The molecule has 3 rings (SSSR count). The molecule has 0 radical (unpaired) electrons. The number of hydrogen-bond donors (Lipinski definition) is 1. The van der Waals surface area contributed by atoms with Crippen LogP contribution < -0.4 is 19.7 Å². The molecule has 1 heterocycles. The van der Waals surface area contributed by atoms with E-state index in [2.05, 4.69) is 5.32 Å². The lowest BCUT2D eigenvalue weighted by Gasteiger charge is -2.19. The number of rotatable bonds is 6. The summed E-state index contributed by atoms with van der Waals surface area (Å²) in [4.78, 5) is 27.5. The van der Waals surface area contributed by atoms with Crippen molar-refractivity contribution >= 4 is 23.3 Å². The van der Waals surface area contributed by atoms with E-state index in [9.17, 15) is 18.4 Å². The van der Waals surface area contributed by atoms with Crippen LogP contribution in [-0.2, 0) is 4.79 Å². The van der Waals surface area contributed by atoms with Crippen molar-refractivity contribution in [1.29, 1.82) is 0 Å². The molecular formula is C19H19F2N3O4. The molecule has 0 bridgehead atoms. The number of anilines is 2. The van der Waals surface area contributed by atoms with E-state index in [1.54, 1.807) is 18.2 Å². The average Bonchev–Trinajstić information content (AvgIpc) is 3.04. The predicted octanol–water partition coefficient (Wildman–Crippen LogP) is 2.86. The predicted molar refractivity (Wildman–Crippen MR) is 98.8 cm³/mol. The first-order valence-corrected chi connectivity index (χ1v) is 8.46. The molecular weight excluding hydrogens is 372 g/mol. The Labute approximate surface area is 160 Å². The zero-order valence-electron chi connectivity index (χ0n) is 15.4. The Morgan fingerprint density at radius 3 is 2.54 bits per heavy atom. The van der Waals surface area contributed by atoms with E-state index in [0.717, 1.165) is 12.1 Å². The molecule has 7 nitrogen and oxygen atoms in total. The summed E-state index contributed by atoms with van der Waals surface area (Å²) in [5, 5.41) is 2.69. The second kappa shape index (κ2) is 8.12. The number of nitrogens with zero attached hydrogens (tertiary/aromatic N) is 2. The van der Waals surface area contributed by atoms with Gasteiger partial charge in [-0.15, -0.1) is 0 Å². The van der Waals surface area contributed by atoms with Gasteiger partial charge in [0.25, 0.3) is 0 Å². The minimum Gasteiger partial charge on any atom is -0.497 e. The van der Waals surface area contributed by atoms with Gasteiger partial charge in [0.2, 0.25) is 5.91 Å². The summed E-state index contributed by atoms with van der Waals surface area (Å²) < 4.78 is 36.8. The van der Waals surface area contributed by atoms with E-state index in [0.29, 0.717) is 17.2 Å². The summed E-state index contributed by atoms with van der Waals surface area (Å²) in [5.41, 5.74) is 0.682. The number of ether oxygens (including phenoxy) is 2. The molecule has 28 heavy (non-hydrogen) atoms. The van der Waals surface area contributed by atoms with Crippen molar-refractivity contribution in [2.75, 3.05) is 44.1 Å². The largest absolute Gasteiger partial charge is 0.497 e. The van der Waals surface area contributed by atoms with Gasteiger partial charge in [0.15, 0.2) is 11.6 Å². The van der Waals surface area contributed by atoms with Gasteiger partial charge in [-0.2, -0.15) is 0 Å².